The molecule has 13 nitrogen and oxygen atoms in total. The number of ketones is 1. The number of nitrogens with two attached hydrogens (primary N) is 1. The first-order valence-electron chi connectivity index (χ1n) is 19.7. The van der Waals surface area contributed by atoms with Gasteiger partial charge in [-0.15, -0.1) is 0 Å². The minimum Gasteiger partial charge on any atom is -0.372 e. The molecule has 3 aromatic carbocycles. The minimum atomic E-state index is -3.81. The Labute approximate surface area is 340 Å². The molecule has 15 heteroatoms. The van der Waals surface area contributed by atoms with E-state index >= 15 is 0 Å². The number of nitrogens with zero attached hydrogens (tertiary/aromatic N) is 1. The molecular formula is C42H55ClN6O7S. The summed E-state index contributed by atoms with van der Waals surface area (Å²) in [6.07, 6.45) is 4.38. The van der Waals surface area contributed by atoms with Crippen LogP contribution in [0.1, 0.15) is 74.1 Å². The third-order valence-corrected chi connectivity index (χ3v) is 11.5. The fourth-order valence-corrected chi connectivity index (χ4v) is 8.37. The van der Waals surface area contributed by atoms with Crippen molar-refractivity contribution >= 4 is 45.1 Å². The van der Waals surface area contributed by atoms with Crippen molar-refractivity contribution < 1.29 is 32.3 Å². The molecule has 57 heavy (non-hydrogen) atoms. The van der Waals surface area contributed by atoms with Gasteiger partial charge in [0.25, 0.3) is 5.91 Å². The van der Waals surface area contributed by atoms with E-state index < -0.39 is 63.8 Å². The summed E-state index contributed by atoms with van der Waals surface area (Å²) in [5.41, 5.74) is 8.15. The van der Waals surface area contributed by atoms with Crippen LogP contribution in [0.4, 0.5) is 0 Å². The second-order valence-electron chi connectivity index (χ2n) is 15.0. The van der Waals surface area contributed by atoms with E-state index in [1.165, 1.54) is 4.90 Å². The SMILES string of the molecule is CS(=O)(=O)N[C@H](CCC1CCNCC1)C(=O)N1C[C@H](OCc2ccc(Cl)cc2)C[C@H]1C(=O)N[C@@H](CCCCN)C(=O)C(=O)NC(c1ccccc1)c1ccccc1. The maximum Gasteiger partial charge on any atom is 0.290 e. The maximum atomic E-state index is 14.4. The van der Waals surface area contributed by atoms with Gasteiger partial charge >= 0.3 is 0 Å². The van der Waals surface area contributed by atoms with Gasteiger partial charge in [0.05, 0.1) is 31.1 Å². The van der Waals surface area contributed by atoms with Crippen LogP contribution in [0, 0.1) is 5.92 Å². The molecule has 0 spiro atoms. The predicted molar refractivity (Wildman–Crippen MR) is 219 cm³/mol. The molecule has 3 amide bonds. The number of unbranched alkanes of at least 4 members (excludes halogenated alkanes) is 1. The van der Waals surface area contributed by atoms with Crippen molar-refractivity contribution in [3.8, 4) is 0 Å². The minimum absolute atomic E-state index is 0.0158. The molecule has 2 saturated heterocycles. The van der Waals surface area contributed by atoms with Crippen LogP contribution in [0.3, 0.4) is 0 Å². The first-order valence-corrected chi connectivity index (χ1v) is 22.0. The Morgan fingerprint density at radius 3 is 2.11 bits per heavy atom. The Morgan fingerprint density at radius 2 is 1.51 bits per heavy atom. The predicted octanol–water partition coefficient (Wildman–Crippen LogP) is 3.61. The van der Waals surface area contributed by atoms with Gasteiger partial charge in [0.1, 0.15) is 12.1 Å². The van der Waals surface area contributed by atoms with Gasteiger partial charge in [-0.1, -0.05) is 84.4 Å². The van der Waals surface area contributed by atoms with E-state index in [4.69, 9.17) is 22.1 Å². The van der Waals surface area contributed by atoms with E-state index in [0.717, 1.165) is 48.9 Å². The lowest BCUT2D eigenvalue weighted by Crippen LogP contribution is -2.56. The lowest BCUT2D eigenvalue weighted by Gasteiger charge is -2.30. The molecule has 2 aliphatic heterocycles. The number of likely N-dealkylation sites (tertiary alicyclic amines) is 1. The Kier molecular flexibility index (Phi) is 16.6. The number of sulfonamides is 1. The summed E-state index contributed by atoms with van der Waals surface area (Å²) < 4.78 is 33.8. The topological polar surface area (TPSA) is 189 Å². The second kappa shape index (κ2) is 21.5. The van der Waals surface area contributed by atoms with Crippen LogP contribution in [0.25, 0.3) is 0 Å². The van der Waals surface area contributed by atoms with Crippen molar-refractivity contribution in [3.05, 3.63) is 107 Å². The maximum absolute atomic E-state index is 14.4. The molecule has 0 saturated carbocycles. The Morgan fingerprint density at radius 1 is 0.877 bits per heavy atom. The molecule has 2 heterocycles. The van der Waals surface area contributed by atoms with E-state index in [-0.39, 0.29) is 32.4 Å². The number of halogens is 1. The summed E-state index contributed by atoms with van der Waals surface area (Å²) in [6.45, 7) is 2.26. The number of amides is 3. The van der Waals surface area contributed by atoms with Crippen LogP contribution in [0.15, 0.2) is 84.9 Å². The zero-order valence-corrected chi connectivity index (χ0v) is 34.0. The fourth-order valence-electron chi connectivity index (χ4n) is 7.51. The number of benzene rings is 3. The molecule has 0 radical (unpaired) electrons. The van der Waals surface area contributed by atoms with Gasteiger partial charge in [0, 0.05) is 18.0 Å². The number of rotatable bonds is 20. The van der Waals surface area contributed by atoms with Gasteiger partial charge in [0.2, 0.25) is 27.6 Å². The average molecular weight is 823 g/mol. The number of nitrogens with one attached hydrogen (secondary N) is 4. The first kappa shape index (κ1) is 43.9. The Balaban J connectivity index is 1.37. The number of carbonyl (C=O) groups is 4. The second-order valence-corrected chi connectivity index (χ2v) is 17.2. The molecule has 3 aromatic rings. The summed E-state index contributed by atoms with van der Waals surface area (Å²) in [5, 5.41) is 9.58. The third kappa shape index (κ3) is 13.4. The molecule has 0 aromatic heterocycles. The van der Waals surface area contributed by atoms with Gasteiger partial charge in [0.15, 0.2) is 0 Å². The van der Waals surface area contributed by atoms with E-state index in [2.05, 4.69) is 20.7 Å². The molecular weight excluding hydrogens is 768 g/mol. The average Bonchev–Trinajstić information content (AvgIpc) is 3.65. The van der Waals surface area contributed by atoms with Crippen LogP contribution in [-0.4, -0.2) is 93.5 Å². The Hall–Kier alpha value is -4.18. The summed E-state index contributed by atoms with van der Waals surface area (Å²) in [7, 11) is -3.81. The smallest absolute Gasteiger partial charge is 0.290 e. The van der Waals surface area contributed by atoms with Crippen molar-refractivity contribution in [2.45, 2.75) is 88.2 Å². The van der Waals surface area contributed by atoms with Crippen molar-refractivity contribution in [3.63, 3.8) is 0 Å². The number of hydrogen-bond donors (Lipinski definition) is 5. The number of Topliss-reactive ketones (excluding diaryl/α,β-unsaturated/α-hetero) is 1. The molecule has 308 valence electrons. The lowest BCUT2D eigenvalue weighted by atomic mass is 9.91. The van der Waals surface area contributed by atoms with E-state index in [9.17, 15) is 27.6 Å². The molecule has 0 bridgehead atoms. The standard InChI is InChI=1S/C42H55ClN6O7S/c1-57(54,55)48-36(20-17-29-21-24-45-25-22-29)42(53)49-27-34(56-28-30-15-18-33(43)19-16-30)26-37(49)40(51)46-35(14-8-9-23-44)39(50)41(52)47-38(31-10-4-2-5-11-31)32-12-6-3-7-13-32/h2-7,10-13,15-16,18-19,29,34-38,45,48H,8-9,14,17,20-28,44H2,1H3,(H,46,51)(H,47,52)/t34-,35+,36-,37+/m1/s1. The molecule has 4 atom stereocenters. The number of piperidine rings is 1. The highest BCUT2D eigenvalue weighted by Gasteiger charge is 2.44. The molecule has 0 aliphatic carbocycles. The van der Waals surface area contributed by atoms with E-state index in [1.807, 2.05) is 72.8 Å². The van der Waals surface area contributed by atoms with Gasteiger partial charge in [-0.05, 0) is 99.3 Å². The lowest BCUT2D eigenvalue weighted by molar-refractivity contribution is -0.143. The largest absolute Gasteiger partial charge is 0.372 e. The van der Waals surface area contributed by atoms with Gasteiger partial charge in [-0.25, -0.2) is 13.1 Å². The highest BCUT2D eigenvalue weighted by Crippen LogP contribution is 2.27. The van der Waals surface area contributed by atoms with E-state index in [1.54, 1.807) is 12.1 Å². The van der Waals surface area contributed by atoms with Crippen LogP contribution in [-0.2, 0) is 40.5 Å². The van der Waals surface area contributed by atoms with Gasteiger partial charge in [-0.3, -0.25) is 19.2 Å². The third-order valence-electron chi connectivity index (χ3n) is 10.6. The van der Waals surface area contributed by atoms with Crippen LogP contribution in [0.2, 0.25) is 5.02 Å². The molecule has 2 fully saturated rings. The summed E-state index contributed by atoms with van der Waals surface area (Å²) in [5.74, 6) is -2.57. The molecule has 5 rings (SSSR count). The van der Waals surface area contributed by atoms with Crippen LogP contribution < -0.4 is 26.4 Å². The highest BCUT2D eigenvalue weighted by molar-refractivity contribution is 7.88. The zero-order chi connectivity index (χ0) is 40.8. The molecule has 2 aliphatic rings. The summed E-state index contributed by atoms with van der Waals surface area (Å²) >= 11 is 6.06. The van der Waals surface area contributed by atoms with Crippen molar-refractivity contribution in [2.24, 2.45) is 11.7 Å². The van der Waals surface area contributed by atoms with Gasteiger partial charge < -0.3 is 31.3 Å². The number of hydrogen-bond acceptors (Lipinski definition) is 9. The van der Waals surface area contributed by atoms with Crippen LogP contribution in [0.5, 0.6) is 0 Å². The molecule has 6 N–H and O–H groups in total. The van der Waals surface area contributed by atoms with Crippen molar-refractivity contribution in [1.29, 1.82) is 0 Å². The highest BCUT2D eigenvalue weighted by atomic mass is 35.5. The van der Waals surface area contributed by atoms with Gasteiger partial charge in [-0.2, -0.15) is 0 Å². The van der Waals surface area contributed by atoms with E-state index in [0.29, 0.717) is 36.7 Å². The Bertz CT molecular complexity index is 1840. The first-order chi connectivity index (χ1) is 27.4. The monoisotopic (exact) mass is 822 g/mol. The molecule has 0 unspecified atom stereocenters. The summed E-state index contributed by atoms with van der Waals surface area (Å²) in [4.78, 5) is 57.8. The number of carbonyl (C=O) groups excluding carboxylic acids is 4. The van der Waals surface area contributed by atoms with Crippen molar-refractivity contribution in [1.82, 2.24) is 25.6 Å². The number of ether oxygens (including phenoxy) is 1. The summed E-state index contributed by atoms with van der Waals surface area (Å²) in [6, 6.07) is 21.6. The fraction of sp³-hybridized carbons (Fsp3) is 0.476. The van der Waals surface area contributed by atoms with Crippen molar-refractivity contribution in [2.75, 3.05) is 32.4 Å². The normalized spacial score (nSPS) is 18.6. The van der Waals surface area contributed by atoms with Crippen LogP contribution >= 0.6 is 11.6 Å². The zero-order valence-electron chi connectivity index (χ0n) is 32.4. The quantitative estimate of drug-likeness (QED) is 0.0838.